The molecule has 1 unspecified atom stereocenters. The first-order valence-electron chi connectivity index (χ1n) is 10.3. The number of anilines is 1. The lowest BCUT2D eigenvalue weighted by Crippen LogP contribution is -2.24. The Morgan fingerprint density at radius 1 is 1.00 bits per heavy atom. The van der Waals surface area contributed by atoms with Gasteiger partial charge in [0, 0.05) is 37.5 Å². The van der Waals surface area contributed by atoms with Gasteiger partial charge in [0.05, 0.1) is 30.4 Å². The average molecular weight is 451 g/mol. The van der Waals surface area contributed by atoms with E-state index in [0.717, 1.165) is 22.5 Å². The van der Waals surface area contributed by atoms with Crippen LogP contribution in [-0.2, 0) is 4.57 Å². The second-order valence-corrected chi connectivity index (χ2v) is 10.3. The van der Waals surface area contributed by atoms with Crippen LogP contribution in [0.25, 0.3) is 5.57 Å². The van der Waals surface area contributed by atoms with Crippen molar-refractivity contribution < 1.29 is 23.5 Å². The molecule has 0 spiro atoms. The molecule has 0 aromatic heterocycles. The molecule has 0 fully saturated rings. The topological polar surface area (TPSA) is 62.0 Å². The minimum atomic E-state index is -3.86. The van der Waals surface area contributed by atoms with Crippen LogP contribution in [0.2, 0.25) is 0 Å². The van der Waals surface area contributed by atoms with Crippen LogP contribution in [0.1, 0.15) is 11.1 Å². The van der Waals surface area contributed by atoms with Crippen molar-refractivity contribution in [1.29, 1.82) is 0 Å². The molecule has 1 aliphatic carbocycles. The van der Waals surface area contributed by atoms with Gasteiger partial charge in [0.25, 0.3) is 7.37 Å². The molecule has 0 radical (unpaired) electrons. The summed E-state index contributed by atoms with van der Waals surface area (Å²) in [4.78, 5) is 13.4. The number of benzene rings is 2. The van der Waals surface area contributed by atoms with Gasteiger partial charge >= 0.3 is 0 Å². The zero-order chi connectivity index (χ0) is 23.2. The molecule has 1 aliphatic heterocycles. The van der Waals surface area contributed by atoms with E-state index in [4.69, 9.17) is 9.47 Å². The summed E-state index contributed by atoms with van der Waals surface area (Å²) in [6, 6.07) is 11.3. The van der Waals surface area contributed by atoms with E-state index < -0.39 is 7.37 Å². The van der Waals surface area contributed by atoms with Crippen LogP contribution in [0.5, 0.6) is 11.5 Å². The molecule has 1 heterocycles. The van der Waals surface area contributed by atoms with Crippen molar-refractivity contribution in [3.63, 3.8) is 0 Å². The smallest absolute Gasteiger partial charge is 0.260 e. The third-order valence-electron chi connectivity index (χ3n) is 5.86. The number of fused-ring (bicyclic) bond motifs is 2. The van der Waals surface area contributed by atoms with E-state index in [1.807, 2.05) is 92.3 Å². The van der Waals surface area contributed by atoms with Gasteiger partial charge in [-0.15, -0.1) is 0 Å². The molecule has 0 saturated carbocycles. The highest BCUT2D eigenvalue weighted by Gasteiger charge is 2.41. The Morgan fingerprint density at radius 2 is 1.66 bits per heavy atom. The van der Waals surface area contributed by atoms with Crippen molar-refractivity contribution in [3.05, 3.63) is 76.6 Å². The van der Waals surface area contributed by atoms with Gasteiger partial charge in [0.15, 0.2) is 5.71 Å². The molecule has 4 rings (SSSR count). The summed E-state index contributed by atoms with van der Waals surface area (Å²) in [6.45, 7) is 0. The fourth-order valence-electron chi connectivity index (χ4n) is 4.16. The number of allylic oxidation sites excluding steroid dienone is 5. The SMILES string of the molecule is COc1cccc(OC)c1C1=C2C=CC(=[N+](C)C)C=C2P(=O)(O)c2cc(N(C)C)ccc21. The van der Waals surface area contributed by atoms with Crippen molar-refractivity contribution in [2.24, 2.45) is 0 Å². The van der Waals surface area contributed by atoms with Gasteiger partial charge in [-0.2, -0.15) is 0 Å². The fraction of sp³-hybridized carbons (Fsp3) is 0.240. The number of ether oxygens (including phenoxy) is 2. The zero-order valence-corrected chi connectivity index (χ0v) is 20.1. The minimum Gasteiger partial charge on any atom is -0.496 e. The molecule has 6 nitrogen and oxygen atoms in total. The minimum absolute atomic E-state index is 0.412. The van der Waals surface area contributed by atoms with Gasteiger partial charge in [-0.3, -0.25) is 4.57 Å². The van der Waals surface area contributed by atoms with Gasteiger partial charge in [-0.1, -0.05) is 12.1 Å². The van der Waals surface area contributed by atoms with Crippen LogP contribution in [0.3, 0.4) is 0 Å². The average Bonchev–Trinajstić information content (AvgIpc) is 2.78. The molecule has 2 aromatic rings. The van der Waals surface area contributed by atoms with Crippen LogP contribution in [-0.4, -0.2) is 57.6 Å². The highest BCUT2D eigenvalue weighted by molar-refractivity contribution is 7.71. The maximum atomic E-state index is 14.0. The number of methoxy groups -OCH3 is 2. The van der Waals surface area contributed by atoms with Crippen molar-refractivity contribution in [3.8, 4) is 11.5 Å². The molecule has 0 bridgehead atoms. The van der Waals surface area contributed by atoms with E-state index in [1.165, 1.54) is 0 Å². The fourth-order valence-corrected chi connectivity index (χ4v) is 6.06. The highest BCUT2D eigenvalue weighted by Crippen LogP contribution is 2.60. The molecule has 1 N–H and O–H groups in total. The molecule has 2 aromatic carbocycles. The number of hydrogen-bond acceptors (Lipinski definition) is 4. The summed E-state index contributed by atoms with van der Waals surface area (Å²) in [6.07, 6.45) is 5.68. The number of hydrogen-bond donors (Lipinski definition) is 1. The maximum Gasteiger partial charge on any atom is 0.260 e. The Morgan fingerprint density at radius 3 is 2.22 bits per heavy atom. The largest absolute Gasteiger partial charge is 0.496 e. The Hall–Kier alpha value is -3.08. The summed E-state index contributed by atoms with van der Waals surface area (Å²) >= 11 is 0. The predicted octanol–water partition coefficient (Wildman–Crippen LogP) is 3.65. The lowest BCUT2D eigenvalue weighted by atomic mass is 9.88. The van der Waals surface area contributed by atoms with Crippen LogP contribution in [0.15, 0.2) is 65.5 Å². The van der Waals surface area contributed by atoms with Crippen LogP contribution < -0.4 is 19.7 Å². The summed E-state index contributed by atoms with van der Waals surface area (Å²) < 4.78 is 27.3. The van der Waals surface area contributed by atoms with Gasteiger partial charge < -0.3 is 19.3 Å². The molecule has 0 saturated heterocycles. The van der Waals surface area contributed by atoms with Crippen LogP contribution >= 0.6 is 7.37 Å². The summed E-state index contributed by atoms with van der Waals surface area (Å²) in [5, 5.41) is 0.824. The summed E-state index contributed by atoms with van der Waals surface area (Å²) in [5.74, 6) is 1.28. The van der Waals surface area contributed by atoms with Crippen molar-refractivity contribution in [2.45, 2.75) is 0 Å². The quantitative estimate of drug-likeness (QED) is 0.568. The number of rotatable bonds is 4. The van der Waals surface area contributed by atoms with E-state index in [0.29, 0.717) is 33.3 Å². The molecular weight excluding hydrogens is 423 g/mol. The molecule has 0 amide bonds. The molecule has 32 heavy (non-hydrogen) atoms. The monoisotopic (exact) mass is 451 g/mol. The van der Waals surface area contributed by atoms with Crippen molar-refractivity contribution >= 4 is 29.6 Å². The molecule has 7 heteroatoms. The standard InChI is InChI=1S/C25H27N2O4P/c1-26(2)16-10-12-18-22(14-16)32(28,29)23-15-17(27(3)4)11-13-19(23)24(18)25-20(30-5)8-7-9-21(25)31-6/h7-15H,1-6H3/p+1. The van der Waals surface area contributed by atoms with Crippen LogP contribution in [0, 0.1) is 0 Å². The third kappa shape index (κ3) is 3.40. The lowest BCUT2D eigenvalue weighted by Gasteiger charge is -2.31. The van der Waals surface area contributed by atoms with Gasteiger partial charge in [-0.25, -0.2) is 4.58 Å². The van der Waals surface area contributed by atoms with Gasteiger partial charge in [0.1, 0.15) is 25.6 Å². The molecule has 2 aliphatic rings. The lowest BCUT2D eigenvalue weighted by molar-refractivity contribution is -0.462. The van der Waals surface area contributed by atoms with E-state index in [1.54, 1.807) is 14.2 Å². The van der Waals surface area contributed by atoms with E-state index in [9.17, 15) is 9.46 Å². The highest BCUT2D eigenvalue weighted by atomic mass is 31.2. The summed E-state index contributed by atoms with van der Waals surface area (Å²) in [5.41, 5.74) is 4.70. The Labute approximate surface area is 188 Å². The number of nitrogens with zero attached hydrogens (tertiary/aromatic N) is 2. The molecule has 166 valence electrons. The van der Waals surface area contributed by atoms with Crippen molar-refractivity contribution in [1.82, 2.24) is 0 Å². The first-order valence-corrected chi connectivity index (χ1v) is 11.9. The van der Waals surface area contributed by atoms with Crippen LogP contribution in [0.4, 0.5) is 5.69 Å². The normalized spacial score (nSPS) is 19.2. The molecular formula is C25H28N2O4P+. The van der Waals surface area contributed by atoms with E-state index in [2.05, 4.69) is 0 Å². The second kappa shape index (κ2) is 8.12. The first-order chi connectivity index (χ1) is 15.2. The predicted molar refractivity (Wildman–Crippen MR) is 130 cm³/mol. The molecule has 1 atom stereocenters. The Bertz CT molecular complexity index is 1260. The van der Waals surface area contributed by atoms with Crippen molar-refractivity contribution in [2.75, 3.05) is 47.3 Å². The van der Waals surface area contributed by atoms with E-state index >= 15 is 0 Å². The zero-order valence-electron chi connectivity index (χ0n) is 19.2. The summed E-state index contributed by atoms with van der Waals surface area (Å²) in [7, 11) is 7.03. The third-order valence-corrected chi connectivity index (χ3v) is 7.91. The van der Waals surface area contributed by atoms with Gasteiger partial charge in [-0.05, 0) is 41.5 Å². The Kier molecular flexibility index (Phi) is 5.61. The van der Waals surface area contributed by atoms with E-state index in [-0.39, 0.29) is 0 Å². The maximum absolute atomic E-state index is 14.0. The Balaban J connectivity index is 2.17. The first kappa shape index (κ1) is 22.1. The second-order valence-electron chi connectivity index (χ2n) is 8.18. The van der Waals surface area contributed by atoms with Gasteiger partial charge in [0.2, 0.25) is 0 Å².